The second kappa shape index (κ2) is 22.8. The summed E-state index contributed by atoms with van der Waals surface area (Å²) in [6, 6.07) is 6.35. The number of hydrogen-bond donors (Lipinski definition) is 3. The van der Waals surface area contributed by atoms with E-state index in [1.165, 1.54) is 25.6 Å². The Bertz CT molecular complexity index is 3020. The smallest absolute Gasteiger partial charge is 0.490 e. The second-order valence-electron chi connectivity index (χ2n) is 15.3. The first-order chi connectivity index (χ1) is 33.4. The van der Waals surface area contributed by atoms with Crippen molar-refractivity contribution in [1.82, 2.24) is 29.0 Å². The van der Waals surface area contributed by atoms with Crippen LogP contribution in [0, 0.1) is 13.8 Å². The molecular formula is C45H50F3N9O12S. The Balaban J connectivity index is 0.00000107. The number of rotatable bonds is 17. The molecular weight excluding hydrogens is 948 g/mol. The molecule has 4 aromatic heterocycles. The maximum Gasteiger partial charge on any atom is 0.490 e. The predicted molar refractivity (Wildman–Crippen MR) is 245 cm³/mol. The zero-order valence-corrected chi connectivity index (χ0v) is 39.7. The van der Waals surface area contributed by atoms with Crippen LogP contribution in [-0.2, 0) is 40.2 Å². The minimum Gasteiger partial charge on any atom is -0.494 e. The molecule has 7 rings (SSSR count). The molecule has 5 heterocycles. The van der Waals surface area contributed by atoms with Crippen LogP contribution in [-0.4, -0.2) is 124 Å². The van der Waals surface area contributed by atoms with Gasteiger partial charge in [0, 0.05) is 52.1 Å². The van der Waals surface area contributed by atoms with Gasteiger partial charge >= 0.3 is 24.0 Å². The van der Waals surface area contributed by atoms with Crippen molar-refractivity contribution in [2.45, 2.75) is 66.2 Å². The number of carbonyl (C=O) groups is 5. The molecule has 1 fully saturated rings. The predicted octanol–water partition coefficient (Wildman–Crippen LogP) is 5.65. The lowest BCUT2D eigenvalue weighted by molar-refractivity contribution is -0.192. The average Bonchev–Trinajstić information content (AvgIpc) is 4.10. The highest BCUT2D eigenvalue weighted by atomic mass is 32.1. The van der Waals surface area contributed by atoms with Crippen LogP contribution in [0.1, 0.15) is 85.3 Å². The number of nitrogens with one attached hydrogen (secondary N) is 1. The van der Waals surface area contributed by atoms with E-state index in [1.54, 1.807) is 47.2 Å². The molecule has 0 radical (unpaired) electrons. The number of imidazole rings is 1. The fourth-order valence-electron chi connectivity index (χ4n) is 7.29. The average molecular weight is 998 g/mol. The molecule has 0 atom stereocenters. The fraction of sp³-hybridized carbons (Fsp3) is 0.400. The number of aliphatic carboxylic acids is 1. The molecule has 3 amide bonds. The monoisotopic (exact) mass is 997 g/mol. The van der Waals surface area contributed by atoms with Crippen molar-refractivity contribution in [3.8, 4) is 11.5 Å². The molecule has 0 spiro atoms. The van der Waals surface area contributed by atoms with Gasteiger partial charge in [0.1, 0.15) is 22.5 Å². The second-order valence-corrected chi connectivity index (χ2v) is 16.3. The van der Waals surface area contributed by atoms with Gasteiger partial charge in [-0.1, -0.05) is 37.3 Å². The van der Waals surface area contributed by atoms with E-state index in [0.717, 1.165) is 19.6 Å². The Labute approximate surface area is 400 Å². The normalized spacial score (nSPS) is 13.4. The number of thiazole rings is 1. The molecule has 4 N–H and O–H groups in total. The summed E-state index contributed by atoms with van der Waals surface area (Å²) in [6.07, 6.45) is 0.251. The number of alkyl halides is 3. The molecule has 1 saturated heterocycles. The number of anilines is 1. The van der Waals surface area contributed by atoms with Crippen LogP contribution in [0.3, 0.4) is 0 Å². The maximum atomic E-state index is 13.8. The SMILES string of the molecule is CCc1nc(C)oc1C(=O)N=c1sc2cc(C(=O)OC)cc(OC)c2n1C/C=C/Cn1c(NC(=O)c2oc(C)nc2CC)nc2cc(C(N)=O)cc(OCCCN3CCOCC3)c21.O=C(O)C(F)(F)F. The molecule has 1 aliphatic heterocycles. The number of carboxylic acid groups (broad SMARTS) is 1. The van der Waals surface area contributed by atoms with Gasteiger partial charge in [0.05, 0.1) is 61.2 Å². The number of primary amides is 1. The molecule has 70 heavy (non-hydrogen) atoms. The van der Waals surface area contributed by atoms with Crippen molar-refractivity contribution in [3.63, 3.8) is 0 Å². The first kappa shape index (κ1) is 52.0. The lowest BCUT2D eigenvalue weighted by Crippen LogP contribution is -2.37. The zero-order valence-electron chi connectivity index (χ0n) is 38.9. The number of oxazole rings is 2. The lowest BCUT2D eigenvalue weighted by Gasteiger charge is -2.26. The number of halogens is 3. The summed E-state index contributed by atoms with van der Waals surface area (Å²) in [6.45, 7) is 11.5. The summed E-state index contributed by atoms with van der Waals surface area (Å²) in [4.78, 5) is 82.0. The Morgan fingerprint density at radius 2 is 1.50 bits per heavy atom. The molecule has 2 aromatic carbocycles. The molecule has 25 heteroatoms. The van der Waals surface area contributed by atoms with E-state index in [2.05, 4.69) is 25.2 Å². The fourth-order valence-corrected chi connectivity index (χ4v) is 8.38. The van der Waals surface area contributed by atoms with Crippen LogP contribution in [0.15, 0.2) is 50.2 Å². The van der Waals surface area contributed by atoms with E-state index in [9.17, 15) is 32.3 Å². The molecule has 0 unspecified atom stereocenters. The molecule has 374 valence electrons. The van der Waals surface area contributed by atoms with Gasteiger partial charge in [-0.2, -0.15) is 18.2 Å². The van der Waals surface area contributed by atoms with Crippen molar-refractivity contribution >= 4 is 68.2 Å². The van der Waals surface area contributed by atoms with Gasteiger partial charge in [-0.3, -0.25) is 24.6 Å². The van der Waals surface area contributed by atoms with E-state index in [0.29, 0.717) is 99.8 Å². The van der Waals surface area contributed by atoms with Crippen LogP contribution in [0.2, 0.25) is 0 Å². The Hall–Kier alpha value is -7.38. The van der Waals surface area contributed by atoms with Crippen molar-refractivity contribution in [2.24, 2.45) is 10.7 Å². The number of methoxy groups -OCH3 is 2. The third-order valence-corrected chi connectivity index (χ3v) is 11.6. The Morgan fingerprint density at radius 3 is 2.10 bits per heavy atom. The summed E-state index contributed by atoms with van der Waals surface area (Å²) < 4.78 is 69.8. The van der Waals surface area contributed by atoms with Crippen LogP contribution >= 0.6 is 11.3 Å². The molecule has 1 aliphatic rings. The van der Waals surface area contributed by atoms with Gasteiger partial charge in [0.25, 0.3) is 5.91 Å². The minimum absolute atomic E-state index is 0.0449. The summed E-state index contributed by atoms with van der Waals surface area (Å²) in [7, 11) is 2.77. The first-order valence-corrected chi connectivity index (χ1v) is 22.5. The van der Waals surface area contributed by atoms with Gasteiger partial charge in [-0.15, -0.1) is 0 Å². The number of hydrogen-bond acceptors (Lipinski definition) is 16. The van der Waals surface area contributed by atoms with E-state index >= 15 is 0 Å². The maximum absolute atomic E-state index is 13.8. The largest absolute Gasteiger partial charge is 0.494 e. The quantitative estimate of drug-likeness (QED) is 0.0566. The first-order valence-electron chi connectivity index (χ1n) is 21.7. The third-order valence-electron chi connectivity index (χ3n) is 10.5. The number of ether oxygens (including phenoxy) is 4. The van der Waals surface area contributed by atoms with Crippen molar-refractivity contribution in [2.75, 3.05) is 59.0 Å². The van der Waals surface area contributed by atoms with Crippen molar-refractivity contribution in [3.05, 3.63) is 87.0 Å². The number of morpholine rings is 1. The number of esters is 1. The van der Waals surface area contributed by atoms with Crippen LogP contribution in [0.5, 0.6) is 11.5 Å². The topological polar surface area (TPSA) is 271 Å². The van der Waals surface area contributed by atoms with Crippen molar-refractivity contribution in [1.29, 1.82) is 0 Å². The van der Waals surface area contributed by atoms with Gasteiger partial charge in [0.2, 0.25) is 23.4 Å². The highest BCUT2D eigenvalue weighted by Gasteiger charge is 2.38. The molecule has 0 aliphatic carbocycles. The number of aryl methyl sites for hydroxylation is 4. The molecule has 21 nitrogen and oxygen atoms in total. The van der Waals surface area contributed by atoms with Crippen molar-refractivity contribution < 1.29 is 70.0 Å². The minimum atomic E-state index is -5.08. The summed E-state index contributed by atoms with van der Waals surface area (Å²) in [5, 5.41) is 10.0. The Kier molecular flexibility index (Phi) is 16.9. The summed E-state index contributed by atoms with van der Waals surface area (Å²) in [5.74, 6) is -3.50. The number of nitrogens with zero attached hydrogens (tertiary/aromatic N) is 7. The van der Waals surface area contributed by atoms with Crippen LogP contribution < -0.4 is 25.3 Å². The van der Waals surface area contributed by atoms with E-state index < -0.39 is 35.8 Å². The number of amides is 3. The van der Waals surface area contributed by atoms with E-state index in [4.69, 9.17) is 48.4 Å². The number of carbonyl (C=O) groups excluding carboxylic acids is 4. The lowest BCUT2D eigenvalue weighted by atomic mass is 10.1. The number of carboxylic acids is 1. The van der Waals surface area contributed by atoms with E-state index in [1.807, 2.05) is 26.0 Å². The highest BCUT2D eigenvalue weighted by Crippen LogP contribution is 2.33. The number of aromatic nitrogens is 5. The molecule has 0 saturated carbocycles. The van der Waals surface area contributed by atoms with Crippen LogP contribution in [0.4, 0.5) is 19.1 Å². The zero-order chi connectivity index (χ0) is 50.9. The third kappa shape index (κ3) is 12.3. The van der Waals surface area contributed by atoms with Gasteiger partial charge in [-0.25, -0.2) is 24.5 Å². The van der Waals surface area contributed by atoms with Gasteiger partial charge < -0.3 is 47.8 Å². The molecule has 0 bridgehead atoms. The highest BCUT2D eigenvalue weighted by molar-refractivity contribution is 7.16. The number of allylic oxidation sites excluding steroid dienone is 2. The molecule has 6 aromatic rings. The summed E-state index contributed by atoms with van der Waals surface area (Å²) >= 11 is 1.18. The van der Waals surface area contributed by atoms with Gasteiger partial charge in [0.15, 0.2) is 16.6 Å². The van der Waals surface area contributed by atoms with Crippen LogP contribution in [0.25, 0.3) is 21.3 Å². The van der Waals surface area contributed by atoms with E-state index in [-0.39, 0.29) is 41.7 Å². The van der Waals surface area contributed by atoms with Gasteiger partial charge in [-0.05, 0) is 43.5 Å². The number of benzene rings is 2. The Morgan fingerprint density at radius 1 is 0.886 bits per heavy atom. The standard InChI is InChI=1S/C43H49N9O10S.C2HF3O2/c1-7-28-36(61-24(3)45-28)39(54)48-42-47-30-20-26(38(44)53)21-32(60-17-11-12-50-15-18-59-19-16-50)34(30)51(42)13-9-10-14-52-35-31(57-5)22-27(41(56)58-6)23-33(35)63-43(52)49-40(55)37-29(8-2)46-25(4)62-37;3-2(4,5)1(6)7/h9-10,20-23H,7-8,11-19H2,1-6H3,(H2,44,53)(H,47,48,54);(H,6,7)/b10-9+,49-43?;. The number of fused-ring (bicyclic) bond motifs is 2. The summed E-state index contributed by atoms with van der Waals surface area (Å²) in [5.41, 5.74) is 8.65. The number of nitrogens with two attached hydrogens (primary N) is 1.